The Morgan fingerprint density at radius 2 is 2.06 bits per heavy atom. The van der Waals surface area contributed by atoms with Crippen molar-refractivity contribution in [2.24, 2.45) is 0 Å². The summed E-state index contributed by atoms with van der Waals surface area (Å²) in [6.45, 7) is 2.33. The van der Waals surface area contributed by atoms with Crippen LogP contribution >= 0.6 is 0 Å². The molecular weight excluding hydrogens is 235 g/mol. The number of alkyl halides is 1. The molecule has 1 amide bonds. The molecule has 1 aromatic carbocycles. The van der Waals surface area contributed by atoms with E-state index in [-0.39, 0.29) is 5.91 Å². The Bertz CT molecular complexity index is 417. The van der Waals surface area contributed by atoms with Gasteiger partial charge in [-0.2, -0.15) is 0 Å². The average Bonchev–Trinajstić information content (AvgIpc) is 2.39. The lowest BCUT2D eigenvalue weighted by Gasteiger charge is -2.32. The first-order chi connectivity index (χ1) is 8.70. The zero-order valence-electron chi connectivity index (χ0n) is 10.4. The predicted molar refractivity (Wildman–Crippen MR) is 66.4 cm³/mol. The van der Waals surface area contributed by atoms with E-state index in [1.807, 2.05) is 11.9 Å². The van der Waals surface area contributed by atoms with Gasteiger partial charge in [-0.25, -0.2) is 4.39 Å². The second-order valence-electron chi connectivity index (χ2n) is 4.38. The lowest BCUT2D eigenvalue weighted by Crippen LogP contribution is -2.47. The van der Waals surface area contributed by atoms with Crippen molar-refractivity contribution in [1.82, 2.24) is 9.80 Å². The molecule has 1 saturated heterocycles. The second kappa shape index (κ2) is 5.82. The Morgan fingerprint density at radius 1 is 1.33 bits per heavy atom. The van der Waals surface area contributed by atoms with E-state index < -0.39 is 6.86 Å². The van der Waals surface area contributed by atoms with Gasteiger partial charge in [-0.05, 0) is 25.2 Å². The van der Waals surface area contributed by atoms with E-state index in [2.05, 4.69) is 4.90 Å². The number of halogens is 1. The highest BCUT2D eigenvalue weighted by Gasteiger charge is 2.20. The summed E-state index contributed by atoms with van der Waals surface area (Å²) < 4.78 is 16.8. The average molecular weight is 252 g/mol. The molecule has 1 aliphatic rings. The van der Waals surface area contributed by atoms with Crippen molar-refractivity contribution in [3.05, 3.63) is 29.8 Å². The third-order valence-corrected chi connectivity index (χ3v) is 3.09. The quantitative estimate of drug-likeness (QED) is 0.814. The molecule has 4 nitrogen and oxygen atoms in total. The number of piperazine rings is 1. The standard InChI is InChI=1S/C13H17FN2O2/c1-15-5-7-16(8-6-15)13(17)11-3-2-4-12(9-11)18-10-14/h2-4,9H,5-8,10H2,1H3. The molecule has 0 atom stereocenters. The highest BCUT2D eigenvalue weighted by atomic mass is 19.1. The molecule has 0 aliphatic carbocycles. The van der Waals surface area contributed by atoms with E-state index in [0.29, 0.717) is 11.3 Å². The van der Waals surface area contributed by atoms with Gasteiger partial charge in [-0.3, -0.25) is 4.79 Å². The molecule has 5 heteroatoms. The molecule has 2 rings (SSSR count). The minimum atomic E-state index is -0.883. The number of benzene rings is 1. The van der Waals surface area contributed by atoms with E-state index in [1.165, 1.54) is 0 Å². The fraction of sp³-hybridized carbons (Fsp3) is 0.462. The van der Waals surface area contributed by atoms with Crippen LogP contribution in [0, 0.1) is 0 Å². The molecule has 0 spiro atoms. The first-order valence-corrected chi connectivity index (χ1v) is 5.97. The topological polar surface area (TPSA) is 32.8 Å². The number of hydrogen-bond donors (Lipinski definition) is 0. The Labute approximate surface area is 106 Å². The molecule has 18 heavy (non-hydrogen) atoms. The number of amides is 1. The Morgan fingerprint density at radius 3 is 2.72 bits per heavy atom. The molecular formula is C13H17FN2O2. The van der Waals surface area contributed by atoms with Gasteiger partial charge >= 0.3 is 0 Å². The molecule has 98 valence electrons. The molecule has 1 fully saturated rings. The molecule has 0 bridgehead atoms. The van der Waals surface area contributed by atoms with Gasteiger partial charge in [-0.1, -0.05) is 6.07 Å². The number of carbonyl (C=O) groups excluding carboxylic acids is 1. The summed E-state index contributed by atoms with van der Waals surface area (Å²) in [5.74, 6) is 0.366. The summed E-state index contributed by atoms with van der Waals surface area (Å²) in [5, 5.41) is 0. The number of ether oxygens (including phenoxy) is 1. The minimum Gasteiger partial charge on any atom is -0.463 e. The third-order valence-electron chi connectivity index (χ3n) is 3.09. The highest BCUT2D eigenvalue weighted by molar-refractivity contribution is 5.94. The van der Waals surface area contributed by atoms with Gasteiger partial charge in [0.1, 0.15) is 5.75 Å². The number of likely N-dealkylation sites (N-methyl/N-ethyl adjacent to an activating group) is 1. The molecule has 0 aromatic heterocycles. The van der Waals surface area contributed by atoms with Gasteiger partial charge in [0.15, 0.2) is 0 Å². The van der Waals surface area contributed by atoms with E-state index in [0.717, 1.165) is 26.2 Å². The van der Waals surface area contributed by atoms with Crippen molar-refractivity contribution in [2.75, 3.05) is 40.1 Å². The van der Waals surface area contributed by atoms with Crippen LogP contribution < -0.4 is 4.74 Å². The number of nitrogens with zero attached hydrogens (tertiary/aromatic N) is 2. The smallest absolute Gasteiger partial charge is 0.254 e. The van der Waals surface area contributed by atoms with Gasteiger partial charge < -0.3 is 14.5 Å². The fourth-order valence-electron chi connectivity index (χ4n) is 1.97. The maximum absolute atomic E-state index is 12.2. The Balaban J connectivity index is 2.06. The summed E-state index contributed by atoms with van der Waals surface area (Å²) in [6, 6.07) is 6.65. The van der Waals surface area contributed by atoms with Gasteiger partial charge in [0.2, 0.25) is 6.86 Å². The molecule has 0 unspecified atom stereocenters. The third kappa shape index (κ3) is 2.98. The predicted octanol–water partition coefficient (Wildman–Crippen LogP) is 1.38. The van der Waals surface area contributed by atoms with Crippen molar-refractivity contribution in [3.8, 4) is 5.75 Å². The maximum Gasteiger partial charge on any atom is 0.254 e. The lowest BCUT2D eigenvalue weighted by atomic mass is 10.1. The summed E-state index contributed by atoms with van der Waals surface area (Å²) in [6.07, 6.45) is 0. The summed E-state index contributed by atoms with van der Waals surface area (Å²) in [4.78, 5) is 16.2. The van der Waals surface area contributed by atoms with Crippen LogP contribution in [-0.2, 0) is 0 Å². The van der Waals surface area contributed by atoms with Crippen LogP contribution in [0.15, 0.2) is 24.3 Å². The highest BCUT2D eigenvalue weighted by Crippen LogP contribution is 2.15. The van der Waals surface area contributed by atoms with Crippen LogP contribution in [0.2, 0.25) is 0 Å². The van der Waals surface area contributed by atoms with Gasteiger partial charge in [0.05, 0.1) is 0 Å². The molecule has 1 heterocycles. The van der Waals surface area contributed by atoms with Crippen LogP contribution in [0.1, 0.15) is 10.4 Å². The maximum atomic E-state index is 12.2. The largest absolute Gasteiger partial charge is 0.463 e. The van der Waals surface area contributed by atoms with Crippen LogP contribution in [0.3, 0.4) is 0 Å². The molecule has 0 N–H and O–H groups in total. The van der Waals surface area contributed by atoms with Crippen LogP contribution in [0.4, 0.5) is 4.39 Å². The van der Waals surface area contributed by atoms with Crippen molar-refractivity contribution in [1.29, 1.82) is 0 Å². The lowest BCUT2D eigenvalue weighted by molar-refractivity contribution is 0.0663. The first kappa shape index (κ1) is 12.8. The summed E-state index contributed by atoms with van der Waals surface area (Å²) >= 11 is 0. The molecule has 0 saturated carbocycles. The van der Waals surface area contributed by atoms with E-state index in [9.17, 15) is 9.18 Å². The van der Waals surface area contributed by atoms with E-state index >= 15 is 0 Å². The van der Waals surface area contributed by atoms with Gasteiger partial charge in [-0.15, -0.1) is 0 Å². The zero-order valence-corrected chi connectivity index (χ0v) is 10.4. The normalized spacial score (nSPS) is 16.7. The Kier molecular flexibility index (Phi) is 4.15. The van der Waals surface area contributed by atoms with Crippen molar-refractivity contribution >= 4 is 5.91 Å². The molecule has 1 aliphatic heterocycles. The SMILES string of the molecule is CN1CCN(C(=O)c2cccc(OCF)c2)CC1. The van der Waals surface area contributed by atoms with Crippen LogP contribution in [0.25, 0.3) is 0 Å². The second-order valence-corrected chi connectivity index (χ2v) is 4.38. The monoisotopic (exact) mass is 252 g/mol. The van der Waals surface area contributed by atoms with Crippen LogP contribution in [0.5, 0.6) is 5.75 Å². The van der Waals surface area contributed by atoms with Crippen molar-refractivity contribution < 1.29 is 13.9 Å². The first-order valence-electron chi connectivity index (χ1n) is 5.97. The number of hydrogen-bond acceptors (Lipinski definition) is 3. The van der Waals surface area contributed by atoms with Crippen LogP contribution in [-0.4, -0.2) is 55.8 Å². The number of carbonyl (C=O) groups is 1. The minimum absolute atomic E-state index is 0.0209. The summed E-state index contributed by atoms with van der Waals surface area (Å²) in [7, 11) is 2.04. The van der Waals surface area contributed by atoms with Gasteiger partial charge in [0, 0.05) is 31.7 Å². The van der Waals surface area contributed by atoms with E-state index in [4.69, 9.17) is 4.74 Å². The van der Waals surface area contributed by atoms with E-state index in [1.54, 1.807) is 24.3 Å². The van der Waals surface area contributed by atoms with Crippen molar-refractivity contribution in [3.63, 3.8) is 0 Å². The summed E-state index contributed by atoms with van der Waals surface area (Å²) in [5.41, 5.74) is 0.547. The molecule has 0 radical (unpaired) electrons. The van der Waals surface area contributed by atoms with Crippen molar-refractivity contribution in [2.45, 2.75) is 0 Å². The fourth-order valence-corrected chi connectivity index (χ4v) is 1.97. The Hall–Kier alpha value is -1.62. The molecule has 1 aromatic rings. The zero-order chi connectivity index (χ0) is 13.0. The van der Waals surface area contributed by atoms with Gasteiger partial charge in [0.25, 0.3) is 5.91 Å². The number of rotatable bonds is 3.